The molecule has 14 heavy (non-hydrogen) atoms. The molecule has 0 unspecified atom stereocenters. The lowest BCUT2D eigenvalue weighted by Crippen LogP contribution is -2.40. The topological polar surface area (TPSA) is 91.2 Å². The number of ether oxygens (including phenoxy) is 1. The Morgan fingerprint density at radius 2 is 2.00 bits per heavy atom. The minimum Gasteiger partial charge on any atom is -0.385 e. The van der Waals surface area contributed by atoms with Gasteiger partial charge in [0.25, 0.3) is 0 Å². The molecule has 0 aromatic rings. The van der Waals surface area contributed by atoms with Gasteiger partial charge in [-0.1, -0.05) is 0 Å². The van der Waals surface area contributed by atoms with Crippen LogP contribution < -0.4 is 10.6 Å². The van der Waals surface area contributed by atoms with Gasteiger partial charge in [-0.15, -0.1) is 0 Å². The molecule has 6 nitrogen and oxygen atoms in total. The van der Waals surface area contributed by atoms with Gasteiger partial charge >= 0.3 is 11.8 Å². The first-order chi connectivity index (χ1) is 6.72. The van der Waals surface area contributed by atoms with Crippen molar-refractivity contribution in [3.63, 3.8) is 0 Å². The van der Waals surface area contributed by atoms with Crippen LogP contribution >= 0.6 is 0 Å². The van der Waals surface area contributed by atoms with Gasteiger partial charge in [-0.25, -0.2) is 0 Å². The van der Waals surface area contributed by atoms with Gasteiger partial charge < -0.3 is 15.4 Å². The number of carbonyl (C=O) groups excluding carboxylic acids is 2. The molecule has 0 saturated heterocycles. The third-order valence-electron chi connectivity index (χ3n) is 1.35. The number of nitriles is 1. The maximum absolute atomic E-state index is 10.9. The summed E-state index contributed by atoms with van der Waals surface area (Å²) in [5.41, 5.74) is 0. The Hall–Kier alpha value is -1.61. The van der Waals surface area contributed by atoms with E-state index >= 15 is 0 Å². The largest absolute Gasteiger partial charge is 0.385 e. The van der Waals surface area contributed by atoms with Crippen LogP contribution in [0.5, 0.6) is 0 Å². The van der Waals surface area contributed by atoms with Crippen LogP contribution in [0.4, 0.5) is 0 Å². The van der Waals surface area contributed by atoms with Gasteiger partial charge in [-0.3, -0.25) is 9.59 Å². The minimum atomic E-state index is -0.788. The summed E-state index contributed by atoms with van der Waals surface area (Å²) in [6.07, 6.45) is 0.647. The van der Waals surface area contributed by atoms with E-state index in [1.54, 1.807) is 13.2 Å². The molecule has 0 aliphatic carbocycles. The zero-order valence-electron chi connectivity index (χ0n) is 8.00. The summed E-state index contributed by atoms with van der Waals surface area (Å²) in [5.74, 6) is -1.51. The number of carbonyl (C=O) groups is 2. The first kappa shape index (κ1) is 12.4. The van der Waals surface area contributed by atoms with Gasteiger partial charge in [0.1, 0.15) is 6.54 Å². The Morgan fingerprint density at radius 1 is 1.36 bits per heavy atom. The lowest BCUT2D eigenvalue weighted by molar-refractivity contribution is -0.139. The fourth-order valence-corrected chi connectivity index (χ4v) is 0.699. The van der Waals surface area contributed by atoms with E-state index in [-0.39, 0.29) is 6.54 Å². The van der Waals surface area contributed by atoms with E-state index in [4.69, 9.17) is 10.00 Å². The van der Waals surface area contributed by atoms with E-state index < -0.39 is 11.8 Å². The number of nitrogens with one attached hydrogen (secondary N) is 2. The highest BCUT2D eigenvalue weighted by Crippen LogP contribution is 1.77. The molecule has 0 rings (SSSR count). The molecule has 78 valence electrons. The highest BCUT2D eigenvalue weighted by Gasteiger charge is 2.10. The standard InChI is InChI=1S/C8H13N3O3/c1-14-6-2-4-10-7(12)8(13)11-5-3-9/h2,4-6H2,1H3,(H,10,12)(H,11,13). The SMILES string of the molecule is COCCCNC(=O)C(=O)NCC#N. The number of nitrogens with zero attached hydrogens (tertiary/aromatic N) is 1. The van der Waals surface area contributed by atoms with Crippen molar-refractivity contribution in [2.45, 2.75) is 6.42 Å². The Kier molecular flexibility index (Phi) is 7.09. The monoisotopic (exact) mass is 199 g/mol. The molecule has 0 aromatic carbocycles. The molecule has 0 fully saturated rings. The fourth-order valence-electron chi connectivity index (χ4n) is 0.699. The molecule has 0 radical (unpaired) electrons. The van der Waals surface area contributed by atoms with Crippen molar-refractivity contribution in [3.05, 3.63) is 0 Å². The Bertz CT molecular complexity index is 234. The Labute approximate surface area is 82.2 Å². The van der Waals surface area contributed by atoms with Crippen molar-refractivity contribution in [2.75, 3.05) is 26.8 Å². The lowest BCUT2D eigenvalue weighted by atomic mass is 10.4. The quantitative estimate of drug-likeness (QED) is 0.330. The maximum atomic E-state index is 10.9. The fraction of sp³-hybridized carbons (Fsp3) is 0.625. The van der Waals surface area contributed by atoms with E-state index in [9.17, 15) is 9.59 Å². The van der Waals surface area contributed by atoms with Gasteiger partial charge in [-0.05, 0) is 6.42 Å². The smallest absolute Gasteiger partial charge is 0.310 e. The minimum absolute atomic E-state index is 0.162. The van der Waals surface area contributed by atoms with E-state index in [2.05, 4.69) is 10.6 Å². The van der Waals surface area contributed by atoms with Crippen molar-refractivity contribution in [1.82, 2.24) is 10.6 Å². The molecule has 0 heterocycles. The van der Waals surface area contributed by atoms with Gasteiger partial charge in [0.15, 0.2) is 0 Å². The molecule has 0 atom stereocenters. The number of hydrogen-bond donors (Lipinski definition) is 2. The van der Waals surface area contributed by atoms with Gasteiger partial charge in [-0.2, -0.15) is 5.26 Å². The zero-order valence-corrected chi connectivity index (χ0v) is 8.00. The summed E-state index contributed by atoms with van der Waals surface area (Å²) in [5, 5.41) is 12.6. The molecular formula is C8H13N3O3. The van der Waals surface area contributed by atoms with Gasteiger partial charge in [0, 0.05) is 20.3 Å². The first-order valence-corrected chi connectivity index (χ1v) is 4.14. The molecule has 0 saturated carbocycles. The molecule has 0 bridgehead atoms. The summed E-state index contributed by atoms with van der Waals surface area (Å²) < 4.78 is 4.75. The van der Waals surface area contributed by atoms with E-state index in [1.165, 1.54) is 0 Å². The molecular weight excluding hydrogens is 186 g/mol. The third-order valence-corrected chi connectivity index (χ3v) is 1.35. The molecule has 2 amide bonds. The normalized spacial score (nSPS) is 8.86. The Morgan fingerprint density at radius 3 is 2.57 bits per heavy atom. The number of amides is 2. The summed E-state index contributed by atoms with van der Waals surface area (Å²) in [6.45, 7) is 0.747. The number of rotatable bonds is 5. The summed E-state index contributed by atoms with van der Waals surface area (Å²) in [4.78, 5) is 21.8. The van der Waals surface area contributed by atoms with Crippen molar-refractivity contribution in [2.24, 2.45) is 0 Å². The van der Waals surface area contributed by atoms with Crippen LogP contribution in [-0.4, -0.2) is 38.6 Å². The maximum Gasteiger partial charge on any atom is 0.310 e. The third kappa shape index (κ3) is 5.97. The van der Waals surface area contributed by atoms with Crippen LogP contribution in [0.2, 0.25) is 0 Å². The van der Waals surface area contributed by atoms with Crippen LogP contribution in [0, 0.1) is 11.3 Å². The van der Waals surface area contributed by atoms with Crippen LogP contribution in [-0.2, 0) is 14.3 Å². The van der Waals surface area contributed by atoms with Crippen LogP contribution in [0.1, 0.15) is 6.42 Å². The molecule has 0 aromatic heterocycles. The van der Waals surface area contributed by atoms with Crippen molar-refractivity contribution >= 4 is 11.8 Å². The molecule has 0 aliphatic rings. The van der Waals surface area contributed by atoms with Crippen molar-refractivity contribution in [1.29, 1.82) is 5.26 Å². The highest BCUT2D eigenvalue weighted by atomic mass is 16.5. The summed E-state index contributed by atoms with van der Waals surface area (Å²) in [6, 6.07) is 1.70. The molecule has 6 heteroatoms. The second kappa shape index (κ2) is 8.01. The van der Waals surface area contributed by atoms with Crippen molar-refractivity contribution < 1.29 is 14.3 Å². The average Bonchev–Trinajstić information content (AvgIpc) is 2.20. The summed E-state index contributed by atoms with van der Waals surface area (Å²) in [7, 11) is 1.56. The molecule has 0 aliphatic heterocycles. The highest BCUT2D eigenvalue weighted by molar-refractivity contribution is 6.35. The second-order valence-corrected chi connectivity index (χ2v) is 2.44. The number of methoxy groups -OCH3 is 1. The molecule has 0 spiro atoms. The van der Waals surface area contributed by atoms with E-state index in [0.717, 1.165) is 0 Å². The van der Waals surface area contributed by atoms with Crippen LogP contribution in [0.3, 0.4) is 0 Å². The molecule has 2 N–H and O–H groups in total. The second-order valence-electron chi connectivity index (χ2n) is 2.44. The van der Waals surface area contributed by atoms with Crippen LogP contribution in [0.15, 0.2) is 0 Å². The first-order valence-electron chi connectivity index (χ1n) is 4.14. The van der Waals surface area contributed by atoms with Gasteiger partial charge in [0.05, 0.1) is 6.07 Å². The summed E-state index contributed by atoms with van der Waals surface area (Å²) >= 11 is 0. The van der Waals surface area contributed by atoms with E-state index in [1.807, 2.05) is 0 Å². The number of hydrogen-bond acceptors (Lipinski definition) is 4. The average molecular weight is 199 g/mol. The van der Waals surface area contributed by atoms with Crippen LogP contribution in [0.25, 0.3) is 0 Å². The van der Waals surface area contributed by atoms with Crippen molar-refractivity contribution in [3.8, 4) is 6.07 Å². The van der Waals surface area contributed by atoms with Gasteiger partial charge in [0.2, 0.25) is 0 Å². The predicted molar refractivity (Wildman–Crippen MR) is 48.1 cm³/mol. The Balaban J connectivity index is 3.53. The van der Waals surface area contributed by atoms with E-state index in [0.29, 0.717) is 19.6 Å². The zero-order chi connectivity index (χ0) is 10.8. The predicted octanol–water partition coefficient (Wildman–Crippen LogP) is -1.22. The lowest BCUT2D eigenvalue weighted by Gasteiger charge is -2.03.